The molecule has 4 atom stereocenters. The number of nitrogens with one attached hydrogen (secondary N) is 4. The standard InChI is InChI=1S/C29H32N6O6.C4H10/c1-17-12-24(35-41-17)29(40)34-23(13-19-8-4-7-18-6-2-3-10-21(18)19)28(39)32-16-26(37)33-22(25(36)15-30)14-20-9-5-11-31-27(20)38;1-4(2)3/h2-4,6-8,10,12,20,22-23,25,36H,5,9,11,13-14,16H2,1H3,(H,31,38)(H,32,39)(H,33,37)(H,34,40);4H,1-3H3/t20-,22-,23-,25?;/m0./s1. The number of aromatic nitrogens is 1. The average Bonchev–Trinajstić information content (AvgIpc) is 3.46. The summed E-state index contributed by atoms with van der Waals surface area (Å²) in [5.74, 6) is -1.27. The SMILES string of the molecule is CC(C)C.Cc1cc(C(=O)N[C@@H](Cc2cccc3ccccc23)C(=O)NCC(=O)N[C@@H](C[C@@H]2CCCNC2=O)C(O)C#N)no1. The molecule has 4 amide bonds. The van der Waals surface area contributed by atoms with Crippen LogP contribution < -0.4 is 21.3 Å². The Labute approximate surface area is 262 Å². The highest BCUT2D eigenvalue weighted by Crippen LogP contribution is 2.21. The molecule has 240 valence electrons. The monoisotopic (exact) mass is 618 g/mol. The zero-order chi connectivity index (χ0) is 32.9. The molecule has 1 saturated heterocycles. The van der Waals surface area contributed by atoms with Crippen LogP contribution in [0.5, 0.6) is 0 Å². The van der Waals surface area contributed by atoms with Crippen LogP contribution in [0.2, 0.25) is 0 Å². The number of aryl methyl sites for hydroxylation is 1. The molecule has 0 radical (unpaired) electrons. The number of rotatable bonds is 11. The number of benzene rings is 2. The maximum Gasteiger partial charge on any atom is 0.274 e. The van der Waals surface area contributed by atoms with E-state index >= 15 is 0 Å². The van der Waals surface area contributed by atoms with Crippen molar-refractivity contribution < 1.29 is 28.8 Å². The van der Waals surface area contributed by atoms with Gasteiger partial charge in [0.15, 0.2) is 11.8 Å². The van der Waals surface area contributed by atoms with E-state index in [0.717, 1.165) is 28.7 Å². The van der Waals surface area contributed by atoms with Crippen LogP contribution in [0.4, 0.5) is 0 Å². The number of hydrogen-bond acceptors (Lipinski definition) is 8. The van der Waals surface area contributed by atoms with Crippen molar-refractivity contribution in [1.29, 1.82) is 5.26 Å². The van der Waals surface area contributed by atoms with Gasteiger partial charge in [-0.15, -0.1) is 0 Å². The Morgan fingerprint density at radius 3 is 2.51 bits per heavy atom. The van der Waals surface area contributed by atoms with Crippen molar-refractivity contribution in [3.8, 4) is 6.07 Å². The number of piperidine rings is 1. The van der Waals surface area contributed by atoms with E-state index in [1.807, 2.05) is 42.5 Å². The molecule has 1 aliphatic heterocycles. The van der Waals surface area contributed by atoms with Gasteiger partial charge in [0, 0.05) is 24.9 Å². The van der Waals surface area contributed by atoms with Crippen molar-refractivity contribution in [3.05, 3.63) is 65.5 Å². The summed E-state index contributed by atoms with van der Waals surface area (Å²) in [6, 6.07) is 14.4. The van der Waals surface area contributed by atoms with Crippen molar-refractivity contribution in [2.75, 3.05) is 13.1 Å². The van der Waals surface area contributed by atoms with Gasteiger partial charge in [0.1, 0.15) is 11.8 Å². The first-order chi connectivity index (χ1) is 21.5. The highest BCUT2D eigenvalue weighted by Gasteiger charge is 2.31. The second-order valence-electron chi connectivity index (χ2n) is 11.8. The van der Waals surface area contributed by atoms with Gasteiger partial charge in [-0.2, -0.15) is 5.26 Å². The van der Waals surface area contributed by atoms with Crippen LogP contribution in [0.3, 0.4) is 0 Å². The minimum Gasteiger partial charge on any atom is -0.376 e. The van der Waals surface area contributed by atoms with Crippen LogP contribution in [0.15, 0.2) is 53.1 Å². The Kier molecular flexibility index (Phi) is 13.1. The molecule has 45 heavy (non-hydrogen) atoms. The lowest BCUT2D eigenvalue weighted by atomic mass is 9.90. The summed E-state index contributed by atoms with van der Waals surface area (Å²) in [5.41, 5.74) is 0.823. The number of amides is 4. The highest BCUT2D eigenvalue weighted by molar-refractivity contribution is 5.97. The van der Waals surface area contributed by atoms with Crippen LogP contribution in [-0.4, -0.2) is 65.2 Å². The summed E-state index contributed by atoms with van der Waals surface area (Å²) in [4.78, 5) is 51.0. The molecule has 0 saturated carbocycles. The second kappa shape index (κ2) is 16.9. The summed E-state index contributed by atoms with van der Waals surface area (Å²) < 4.78 is 4.98. The number of hydrogen-bond donors (Lipinski definition) is 5. The molecule has 2 heterocycles. The van der Waals surface area contributed by atoms with Gasteiger partial charge in [-0.3, -0.25) is 19.2 Å². The molecule has 1 unspecified atom stereocenters. The maximum atomic E-state index is 13.3. The molecule has 1 fully saturated rings. The largest absolute Gasteiger partial charge is 0.376 e. The molecule has 1 aliphatic rings. The van der Waals surface area contributed by atoms with Crippen molar-refractivity contribution in [2.24, 2.45) is 11.8 Å². The van der Waals surface area contributed by atoms with Crippen LogP contribution in [0, 0.1) is 30.1 Å². The third-order valence-corrected chi connectivity index (χ3v) is 7.01. The molecule has 3 aromatic rings. The number of fused-ring (bicyclic) bond motifs is 1. The summed E-state index contributed by atoms with van der Waals surface area (Å²) in [6.07, 6.45) is 0.0103. The molecule has 0 bridgehead atoms. The van der Waals surface area contributed by atoms with Gasteiger partial charge in [0.05, 0.1) is 18.7 Å². The summed E-state index contributed by atoms with van der Waals surface area (Å²) >= 11 is 0. The van der Waals surface area contributed by atoms with Gasteiger partial charge < -0.3 is 30.9 Å². The van der Waals surface area contributed by atoms with Crippen molar-refractivity contribution in [2.45, 2.75) is 71.6 Å². The first kappa shape index (κ1) is 34.7. The lowest BCUT2D eigenvalue weighted by Crippen LogP contribution is -2.52. The Balaban J connectivity index is 0.00000130. The zero-order valence-corrected chi connectivity index (χ0v) is 26.1. The van der Waals surface area contributed by atoms with Crippen molar-refractivity contribution in [1.82, 2.24) is 26.4 Å². The first-order valence-corrected chi connectivity index (χ1v) is 15.1. The van der Waals surface area contributed by atoms with E-state index in [4.69, 9.17) is 4.52 Å². The third kappa shape index (κ3) is 10.7. The predicted octanol–water partition coefficient (Wildman–Crippen LogP) is 2.54. The van der Waals surface area contributed by atoms with E-state index in [-0.39, 0.29) is 24.4 Å². The average molecular weight is 619 g/mol. The smallest absolute Gasteiger partial charge is 0.274 e. The Bertz CT molecular complexity index is 1500. The highest BCUT2D eigenvalue weighted by atomic mass is 16.5. The van der Waals surface area contributed by atoms with E-state index in [1.54, 1.807) is 13.0 Å². The number of aliphatic hydroxyl groups excluding tert-OH is 1. The van der Waals surface area contributed by atoms with Crippen LogP contribution in [-0.2, 0) is 20.8 Å². The fourth-order valence-electron chi connectivity index (χ4n) is 4.88. The molecule has 5 N–H and O–H groups in total. The molecular formula is C33H42N6O6. The second-order valence-corrected chi connectivity index (χ2v) is 11.8. The quantitative estimate of drug-likeness (QED) is 0.203. The topological polar surface area (TPSA) is 186 Å². The Morgan fingerprint density at radius 1 is 1.13 bits per heavy atom. The number of nitriles is 1. The lowest BCUT2D eigenvalue weighted by Gasteiger charge is -2.27. The van der Waals surface area contributed by atoms with Gasteiger partial charge in [-0.25, -0.2) is 0 Å². The summed E-state index contributed by atoms with van der Waals surface area (Å²) in [7, 11) is 0. The number of carbonyl (C=O) groups is 4. The number of aliphatic hydroxyl groups is 1. The van der Waals surface area contributed by atoms with Gasteiger partial charge >= 0.3 is 0 Å². The third-order valence-electron chi connectivity index (χ3n) is 7.01. The minimum atomic E-state index is -1.53. The van der Waals surface area contributed by atoms with E-state index in [2.05, 4.69) is 47.2 Å². The summed E-state index contributed by atoms with van der Waals surface area (Å²) in [5, 5.41) is 35.5. The molecule has 4 rings (SSSR count). The zero-order valence-electron chi connectivity index (χ0n) is 26.1. The van der Waals surface area contributed by atoms with Gasteiger partial charge in [-0.05, 0) is 48.4 Å². The maximum absolute atomic E-state index is 13.3. The molecule has 0 aliphatic carbocycles. The normalized spacial score (nSPS) is 16.3. The van der Waals surface area contributed by atoms with Crippen LogP contribution in [0.1, 0.15) is 61.8 Å². The molecule has 2 aromatic carbocycles. The van der Waals surface area contributed by atoms with Crippen LogP contribution in [0.25, 0.3) is 10.8 Å². The van der Waals surface area contributed by atoms with Gasteiger partial charge in [0.2, 0.25) is 17.7 Å². The molecule has 12 nitrogen and oxygen atoms in total. The number of carbonyl (C=O) groups excluding carboxylic acids is 4. The Morgan fingerprint density at radius 2 is 1.84 bits per heavy atom. The molecule has 1 aromatic heterocycles. The molecule has 12 heteroatoms. The fraction of sp³-hybridized carbons (Fsp3) is 0.455. The van der Waals surface area contributed by atoms with Crippen molar-refractivity contribution >= 4 is 34.4 Å². The van der Waals surface area contributed by atoms with E-state index in [0.29, 0.717) is 18.7 Å². The molecule has 0 spiro atoms. The van der Waals surface area contributed by atoms with Crippen molar-refractivity contribution in [3.63, 3.8) is 0 Å². The van der Waals surface area contributed by atoms with Crippen LogP contribution >= 0.6 is 0 Å². The number of nitrogens with zero attached hydrogens (tertiary/aromatic N) is 2. The first-order valence-electron chi connectivity index (χ1n) is 15.1. The van der Waals surface area contributed by atoms with E-state index in [1.165, 1.54) is 6.07 Å². The minimum absolute atomic E-state index is 0.0102. The summed E-state index contributed by atoms with van der Waals surface area (Å²) in [6.45, 7) is 8.22. The van der Waals surface area contributed by atoms with Gasteiger partial charge in [0.25, 0.3) is 5.91 Å². The van der Waals surface area contributed by atoms with Gasteiger partial charge in [-0.1, -0.05) is 68.4 Å². The fourth-order valence-corrected chi connectivity index (χ4v) is 4.88. The molecular weight excluding hydrogens is 576 g/mol. The predicted molar refractivity (Wildman–Crippen MR) is 168 cm³/mol. The van der Waals surface area contributed by atoms with E-state index in [9.17, 15) is 29.5 Å². The Hall–Kier alpha value is -4.76. The lowest BCUT2D eigenvalue weighted by molar-refractivity contribution is -0.129. The van der Waals surface area contributed by atoms with E-state index < -0.39 is 48.4 Å².